The number of nitro groups is 1. The molecular formula is C7H4F2N2O3. The van der Waals surface area contributed by atoms with E-state index < -0.39 is 22.7 Å². The zero-order valence-electron chi connectivity index (χ0n) is 6.68. The highest BCUT2D eigenvalue weighted by atomic mass is 19.3. The Morgan fingerprint density at radius 2 is 2.21 bits per heavy atom. The average Bonchev–Trinajstić information content (AvgIpc) is 2.16. The van der Waals surface area contributed by atoms with Crippen LogP contribution < -0.4 is 0 Å². The summed E-state index contributed by atoms with van der Waals surface area (Å²) >= 11 is 0. The average molecular weight is 202 g/mol. The van der Waals surface area contributed by atoms with Gasteiger partial charge in [0.05, 0.1) is 5.56 Å². The molecule has 0 aromatic carbocycles. The maximum absolute atomic E-state index is 12.2. The molecule has 5 nitrogen and oxygen atoms in total. The Labute approximate surface area is 76.5 Å². The van der Waals surface area contributed by atoms with E-state index in [1.807, 2.05) is 0 Å². The molecule has 0 saturated carbocycles. The van der Waals surface area contributed by atoms with Crippen LogP contribution in [0.15, 0.2) is 12.3 Å². The molecule has 1 aromatic heterocycles. The van der Waals surface area contributed by atoms with Crippen LogP contribution in [0.3, 0.4) is 0 Å². The van der Waals surface area contributed by atoms with Gasteiger partial charge in [0.25, 0.3) is 6.43 Å². The van der Waals surface area contributed by atoms with Crippen molar-refractivity contribution in [3.8, 4) is 0 Å². The second-order valence-electron chi connectivity index (χ2n) is 2.36. The third kappa shape index (κ3) is 1.87. The van der Waals surface area contributed by atoms with E-state index in [2.05, 4.69) is 4.98 Å². The molecule has 0 spiro atoms. The molecule has 0 aliphatic rings. The van der Waals surface area contributed by atoms with E-state index in [-0.39, 0.29) is 5.56 Å². The van der Waals surface area contributed by atoms with Gasteiger partial charge in [0.2, 0.25) is 0 Å². The van der Waals surface area contributed by atoms with Crippen molar-refractivity contribution >= 4 is 12.1 Å². The highest BCUT2D eigenvalue weighted by Gasteiger charge is 2.23. The summed E-state index contributed by atoms with van der Waals surface area (Å²) in [5.74, 6) is -0.925. The van der Waals surface area contributed by atoms with Gasteiger partial charge in [-0.3, -0.25) is 4.79 Å². The Hall–Kier alpha value is -1.92. The lowest BCUT2D eigenvalue weighted by atomic mass is 10.2. The highest BCUT2D eigenvalue weighted by molar-refractivity contribution is 5.75. The minimum Gasteiger partial charge on any atom is -0.358 e. The molecule has 0 radical (unpaired) electrons. The van der Waals surface area contributed by atoms with Crippen molar-refractivity contribution in [2.45, 2.75) is 6.43 Å². The van der Waals surface area contributed by atoms with E-state index in [0.29, 0.717) is 6.29 Å². The van der Waals surface area contributed by atoms with Gasteiger partial charge in [-0.2, -0.15) is 0 Å². The minimum atomic E-state index is -3.03. The number of alkyl halides is 2. The molecule has 0 bridgehead atoms. The van der Waals surface area contributed by atoms with Crippen molar-refractivity contribution in [2.75, 3.05) is 0 Å². The van der Waals surface area contributed by atoms with Crippen molar-refractivity contribution in [3.05, 3.63) is 33.5 Å². The van der Waals surface area contributed by atoms with E-state index >= 15 is 0 Å². The Balaban J connectivity index is 3.30. The fourth-order valence-corrected chi connectivity index (χ4v) is 0.869. The number of rotatable bonds is 3. The van der Waals surface area contributed by atoms with Crippen molar-refractivity contribution in [1.29, 1.82) is 0 Å². The quantitative estimate of drug-likeness (QED) is 0.425. The van der Waals surface area contributed by atoms with E-state index in [1.165, 1.54) is 0 Å². The number of hydrogen-bond acceptors (Lipinski definition) is 4. The smallest absolute Gasteiger partial charge is 0.358 e. The lowest BCUT2D eigenvalue weighted by Crippen LogP contribution is -2.00. The second-order valence-corrected chi connectivity index (χ2v) is 2.36. The van der Waals surface area contributed by atoms with Crippen LogP contribution >= 0.6 is 0 Å². The summed E-state index contributed by atoms with van der Waals surface area (Å²) in [5, 5.41) is 10.2. The summed E-state index contributed by atoms with van der Waals surface area (Å²) in [7, 11) is 0. The number of aldehydes is 1. The summed E-state index contributed by atoms with van der Waals surface area (Å²) in [6.07, 6.45) is -1.86. The van der Waals surface area contributed by atoms with Crippen LogP contribution in [-0.2, 0) is 0 Å². The largest absolute Gasteiger partial charge is 0.372 e. The van der Waals surface area contributed by atoms with Gasteiger partial charge in [-0.15, -0.1) is 0 Å². The van der Waals surface area contributed by atoms with Gasteiger partial charge in [0.15, 0.2) is 12.5 Å². The third-order valence-electron chi connectivity index (χ3n) is 1.46. The Morgan fingerprint density at radius 3 is 2.64 bits per heavy atom. The van der Waals surface area contributed by atoms with E-state index in [9.17, 15) is 23.7 Å². The fraction of sp³-hybridized carbons (Fsp3) is 0.143. The van der Waals surface area contributed by atoms with Crippen molar-refractivity contribution in [2.24, 2.45) is 0 Å². The monoisotopic (exact) mass is 202 g/mol. The van der Waals surface area contributed by atoms with Gasteiger partial charge >= 0.3 is 5.82 Å². The Kier molecular flexibility index (Phi) is 2.80. The topological polar surface area (TPSA) is 73.1 Å². The maximum Gasteiger partial charge on any atom is 0.372 e. The number of carbonyl (C=O) groups excluding carboxylic acids is 1. The number of hydrogen-bond donors (Lipinski definition) is 0. The Bertz CT molecular complexity index is 381. The molecule has 0 atom stereocenters. The van der Waals surface area contributed by atoms with E-state index in [1.54, 1.807) is 0 Å². The van der Waals surface area contributed by atoms with Gasteiger partial charge < -0.3 is 10.1 Å². The van der Waals surface area contributed by atoms with E-state index in [4.69, 9.17) is 0 Å². The van der Waals surface area contributed by atoms with E-state index in [0.717, 1.165) is 12.3 Å². The fourth-order valence-electron chi connectivity index (χ4n) is 0.869. The lowest BCUT2D eigenvalue weighted by molar-refractivity contribution is -0.391. The lowest BCUT2D eigenvalue weighted by Gasteiger charge is -2.00. The summed E-state index contributed by atoms with van der Waals surface area (Å²) in [4.78, 5) is 22.6. The van der Waals surface area contributed by atoms with Crippen molar-refractivity contribution in [1.82, 2.24) is 4.98 Å². The number of carbonyl (C=O) groups is 1. The highest BCUT2D eigenvalue weighted by Crippen LogP contribution is 2.26. The van der Waals surface area contributed by atoms with Crippen LogP contribution in [0.1, 0.15) is 22.3 Å². The van der Waals surface area contributed by atoms with Crippen molar-refractivity contribution < 1.29 is 18.5 Å². The first kappa shape index (κ1) is 10.2. The first-order chi connectivity index (χ1) is 6.56. The molecule has 0 saturated heterocycles. The van der Waals surface area contributed by atoms with Crippen LogP contribution in [0.25, 0.3) is 0 Å². The SMILES string of the molecule is O=Cc1cnc([N+](=O)[O-])c(C(F)F)c1. The van der Waals surface area contributed by atoms with Crippen molar-refractivity contribution in [3.63, 3.8) is 0 Å². The molecule has 0 aliphatic heterocycles. The van der Waals surface area contributed by atoms with Gasteiger partial charge in [-0.25, -0.2) is 8.78 Å². The maximum atomic E-state index is 12.2. The van der Waals surface area contributed by atoms with Gasteiger partial charge in [0.1, 0.15) is 5.56 Å². The molecule has 0 unspecified atom stereocenters. The summed E-state index contributed by atoms with van der Waals surface area (Å²) in [6, 6.07) is 0.753. The molecule has 1 aromatic rings. The van der Waals surface area contributed by atoms with Gasteiger partial charge in [-0.05, 0) is 16.0 Å². The molecule has 0 N–H and O–H groups in total. The number of pyridine rings is 1. The first-order valence-electron chi connectivity index (χ1n) is 3.44. The molecule has 0 fully saturated rings. The first-order valence-corrected chi connectivity index (χ1v) is 3.44. The number of nitrogens with zero attached hydrogens (tertiary/aromatic N) is 2. The van der Waals surface area contributed by atoms with Crippen LogP contribution in [-0.4, -0.2) is 16.2 Å². The molecule has 7 heteroatoms. The number of aromatic nitrogens is 1. The summed E-state index contributed by atoms with van der Waals surface area (Å²) < 4.78 is 24.5. The van der Waals surface area contributed by atoms with Crippen LogP contribution in [0.2, 0.25) is 0 Å². The molecule has 0 aliphatic carbocycles. The summed E-state index contributed by atoms with van der Waals surface area (Å²) in [5.41, 5.74) is -0.967. The van der Waals surface area contributed by atoms with Crippen LogP contribution in [0.4, 0.5) is 14.6 Å². The molecule has 0 amide bonds. The minimum absolute atomic E-state index is 0.120. The zero-order valence-corrected chi connectivity index (χ0v) is 6.68. The zero-order chi connectivity index (χ0) is 10.7. The van der Waals surface area contributed by atoms with Gasteiger partial charge in [0, 0.05) is 0 Å². The normalized spacial score (nSPS) is 10.2. The predicted octanol–water partition coefficient (Wildman–Crippen LogP) is 1.74. The molecule has 14 heavy (non-hydrogen) atoms. The molecule has 74 valence electrons. The number of halogens is 2. The molecular weight excluding hydrogens is 198 g/mol. The van der Waals surface area contributed by atoms with Gasteiger partial charge in [-0.1, -0.05) is 0 Å². The Morgan fingerprint density at radius 1 is 1.57 bits per heavy atom. The third-order valence-corrected chi connectivity index (χ3v) is 1.46. The summed E-state index contributed by atoms with van der Waals surface area (Å²) in [6.45, 7) is 0. The standard InChI is InChI=1S/C7H4F2N2O3/c8-6(9)5-1-4(3-12)2-10-7(5)11(13)14/h1-3,6H. The predicted molar refractivity (Wildman–Crippen MR) is 41.2 cm³/mol. The van der Waals surface area contributed by atoms with Crippen LogP contribution in [0.5, 0.6) is 0 Å². The second kappa shape index (κ2) is 3.86. The van der Waals surface area contributed by atoms with Crippen LogP contribution in [0, 0.1) is 10.1 Å². The molecule has 1 rings (SSSR count). The molecule has 1 heterocycles.